The summed E-state index contributed by atoms with van der Waals surface area (Å²) in [5.41, 5.74) is 0.815. The van der Waals surface area contributed by atoms with Gasteiger partial charge in [0.15, 0.2) is 0 Å². The molecule has 1 aromatic rings. The van der Waals surface area contributed by atoms with E-state index in [0.717, 1.165) is 9.39 Å². The van der Waals surface area contributed by atoms with E-state index in [9.17, 15) is 0 Å². The predicted octanol–water partition coefficient (Wildman–Crippen LogP) is -2.26. The standard InChI is InChI=1S/C6H4IN4/c1-8-6-4-5(7-2-9-4)10-3-11-6/h2-3H,1H2/q-1. The Morgan fingerprint density at radius 3 is 3.18 bits per heavy atom. The molecule has 1 aromatic heterocycles. The first-order valence-electron chi connectivity index (χ1n) is 2.89. The van der Waals surface area contributed by atoms with Crippen LogP contribution in [-0.4, -0.2) is 20.9 Å². The van der Waals surface area contributed by atoms with Gasteiger partial charge < -0.3 is 0 Å². The third-order valence-corrected chi connectivity index (χ3v) is 3.17. The number of halogens is 1. The van der Waals surface area contributed by atoms with E-state index in [1.807, 2.05) is 4.22 Å². The molecule has 0 fully saturated rings. The molecule has 2 rings (SSSR count). The summed E-state index contributed by atoms with van der Waals surface area (Å²) in [6, 6.07) is 0. The molecule has 0 atom stereocenters. The maximum atomic E-state index is 4.14. The molecule has 0 N–H and O–H groups in total. The van der Waals surface area contributed by atoms with Crippen LogP contribution in [-0.2, 0) is 0 Å². The molecule has 0 saturated carbocycles. The second kappa shape index (κ2) is 2.65. The van der Waals surface area contributed by atoms with Gasteiger partial charge in [-0.25, -0.2) is 0 Å². The van der Waals surface area contributed by atoms with Crippen molar-refractivity contribution in [1.82, 2.24) is 9.97 Å². The Bertz CT molecular complexity index is 333. The molecule has 0 aromatic carbocycles. The van der Waals surface area contributed by atoms with E-state index in [1.54, 1.807) is 0 Å². The summed E-state index contributed by atoms with van der Waals surface area (Å²) in [5, 5.41) is 0. The molecule has 56 valence electrons. The van der Waals surface area contributed by atoms with Crippen LogP contribution in [0.5, 0.6) is 0 Å². The normalized spacial score (nSPS) is 13.8. The summed E-state index contributed by atoms with van der Waals surface area (Å²) in [4.78, 5) is 15.9. The summed E-state index contributed by atoms with van der Waals surface area (Å²) in [6.07, 6.45) is 1.51. The Morgan fingerprint density at radius 2 is 2.36 bits per heavy atom. The SMILES string of the molecule is C=Nc1ncnc2c1N=C[I-]2. The number of hydrogen-bond donors (Lipinski definition) is 0. The Labute approximate surface area is 73.8 Å². The van der Waals surface area contributed by atoms with E-state index in [4.69, 9.17) is 0 Å². The average Bonchev–Trinajstić information content (AvgIpc) is 2.50. The van der Waals surface area contributed by atoms with Gasteiger partial charge in [0.25, 0.3) is 0 Å². The molecule has 1 aliphatic heterocycles. The van der Waals surface area contributed by atoms with E-state index in [1.165, 1.54) is 6.33 Å². The van der Waals surface area contributed by atoms with Crippen molar-refractivity contribution in [3.8, 4) is 0 Å². The summed E-state index contributed by atoms with van der Waals surface area (Å²) >= 11 is -0.131. The van der Waals surface area contributed by atoms with Gasteiger partial charge in [-0.15, -0.1) is 0 Å². The molecule has 11 heavy (non-hydrogen) atoms. The molecule has 2 heterocycles. The Kier molecular flexibility index (Phi) is 1.65. The monoisotopic (exact) mass is 259 g/mol. The number of fused-ring (bicyclic) bond motifs is 1. The van der Waals surface area contributed by atoms with E-state index in [-0.39, 0.29) is 21.2 Å². The Morgan fingerprint density at radius 1 is 1.45 bits per heavy atom. The second-order valence-corrected chi connectivity index (χ2v) is 4.03. The molecule has 0 amide bonds. The average molecular weight is 259 g/mol. The minimum absolute atomic E-state index is 0.131. The van der Waals surface area contributed by atoms with E-state index < -0.39 is 0 Å². The number of aromatic nitrogens is 2. The third-order valence-electron chi connectivity index (χ3n) is 1.24. The van der Waals surface area contributed by atoms with Crippen LogP contribution >= 0.6 is 0 Å². The summed E-state index contributed by atoms with van der Waals surface area (Å²) < 4.78 is 2.95. The second-order valence-electron chi connectivity index (χ2n) is 1.83. The van der Waals surface area contributed by atoms with Crippen molar-refractivity contribution in [1.29, 1.82) is 0 Å². The number of nitrogens with zero attached hydrogens (tertiary/aromatic N) is 4. The first-order chi connectivity index (χ1) is 5.42. The Hall–Kier alpha value is -0.850. The molecule has 0 bridgehead atoms. The van der Waals surface area contributed by atoms with Gasteiger partial charge in [0.1, 0.15) is 0 Å². The van der Waals surface area contributed by atoms with Crippen LogP contribution in [0.2, 0.25) is 0 Å². The molecule has 1 aliphatic rings. The molecule has 0 radical (unpaired) electrons. The van der Waals surface area contributed by atoms with Gasteiger partial charge in [0.05, 0.1) is 0 Å². The van der Waals surface area contributed by atoms with Crippen LogP contribution in [0.3, 0.4) is 0 Å². The van der Waals surface area contributed by atoms with Crippen LogP contribution < -0.4 is 21.2 Å². The Balaban J connectivity index is 2.66. The van der Waals surface area contributed by atoms with Gasteiger partial charge in [-0.1, -0.05) is 0 Å². The van der Waals surface area contributed by atoms with Crippen molar-refractivity contribution < 1.29 is 21.2 Å². The van der Waals surface area contributed by atoms with E-state index in [2.05, 4.69) is 26.7 Å². The first kappa shape index (κ1) is 6.84. The molecule has 5 heteroatoms. The quantitative estimate of drug-likeness (QED) is 0.325. The number of aliphatic imine (C=N–C) groups is 2. The first-order valence-corrected chi connectivity index (χ1v) is 5.22. The summed E-state index contributed by atoms with van der Waals surface area (Å²) in [5.74, 6) is 0.600. The molecule has 0 unspecified atom stereocenters. The molecule has 4 nitrogen and oxygen atoms in total. The maximum absolute atomic E-state index is 4.14. The number of hydrogen-bond acceptors (Lipinski definition) is 4. The number of rotatable bonds is 1. The fraction of sp³-hybridized carbons (Fsp3) is 0. The van der Waals surface area contributed by atoms with Gasteiger partial charge in [0, 0.05) is 0 Å². The fourth-order valence-corrected chi connectivity index (χ4v) is 2.42. The van der Waals surface area contributed by atoms with E-state index in [0.29, 0.717) is 5.82 Å². The van der Waals surface area contributed by atoms with Gasteiger partial charge in [-0.2, -0.15) is 0 Å². The van der Waals surface area contributed by atoms with Crippen molar-refractivity contribution in [2.45, 2.75) is 0 Å². The fourth-order valence-electron chi connectivity index (χ4n) is 0.775. The van der Waals surface area contributed by atoms with Crippen LogP contribution in [0.1, 0.15) is 0 Å². The summed E-state index contributed by atoms with van der Waals surface area (Å²) in [6.45, 7) is 3.41. The topological polar surface area (TPSA) is 50.5 Å². The van der Waals surface area contributed by atoms with Crippen LogP contribution in [0, 0.1) is 3.70 Å². The van der Waals surface area contributed by atoms with Gasteiger partial charge in [0.2, 0.25) is 0 Å². The van der Waals surface area contributed by atoms with Crippen LogP contribution in [0.25, 0.3) is 0 Å². The van der Waals surface area contributed by atoms with Crippen molar-refractivity contribution in [2.75, 3.05) is 0 Å². The van der Waals surface area contributed by atoms with Gasteiger partial charge >= 0.3 is 73.6 Å². The van der Waals surface area contributed by atoms with Crippen molar-refractivity contribution >= 4 is 22.4 Å². The molecule has 0 aliphatic carbocycles. The minimum atomic E-state index is -0.131. The zero-order valence-electron chi connectivity index (χ0n) is 5.53. The molecular formula is C6H4IN4-. The van der Waals surface area contributed by atoms with Gasteiger partial charge in [-0.3, -0.25) is 0 Å². The van der Waals surface area contributed by atoms with Crippen molar-refractivity contribution in [3.05, 3.63) is 10.0 Å². The zero-order valence-corrected chi connectivity index (χ0v) is 7.69. The molecule has 0 saturated heterocycles. The van der Waals surface area contributed by atoms with Crippen molar-refractivity contribution in [3.63, 3.8) is 0 Å². The predicted molar refractivity (Wildman–Crippen MR) is 38.1 cm³/mol. The molecule has 0 spiro atoms. The van der Waals surface area contributed by atoms with E-state index >= 15 is 0 Å². The third kappa shape index (κ3) is 1.05. The van der Waals surface area contributed by atoms with Crippen LogP contribution in [0.4, 0.5) is 11.5 Å². The van der Waals surface area contributed by atoms with Crippen molar-refractivity contribution in [2.24, 2.45) is 9.98 Å². The molecular weight excluding hydrogens is 255 g/mol. The van der Waals surface area contributed by atoms with Crippen LogP contribution in [0.15, 0.2) is 16.3 Å². The van der Waals surface area contributed by atoms with Gasteiger partial charge in [-0.05, 0) is 0 Å². The zero-order chi connectivity index (χ0) is 7.68. The summed E-state index contributed by atoms with van der Waals surface area (Å²) in [7, 11) is 0.